The summed E-state index contributed by atoms with van der Waals surface area (Å²) >= 11 is 5.88. The minimum absolute atomic E-state index is 0.0810. The molecule has 182 valence electrons. The molecule has 2 aromatic heterocycles. The van der Waals surface area contributed by atoms with Gasteiger partial charge in [0, 0.05) is 33.8 Å². The average molecular weight is 496 g/mol. The highest BCUT2D eigenvalue weighted by Crippen LogP contribution is 2.35. The van der Waals surface area contributed by atoms with Crippen molar-refractivity contribution in [2.45, 2.75) is 52.0 Å². The van der Waals surface area contributed by atoms with E-state index in [0.29, 0.717) is 32.7 Å². The van der Waals surface area contributed by atoms with Crippen molar-refractivity contribution in [1.29, 1.82) is 0 Å². The first-order valence-electron chi connectivity index (χ1n) is 11.2. The van der Waals surface area contributed by atoms with E-state index >= 15 is 0 Å². The molecule has 2 N–H and O–H groups in total. The van der Waals surface area contributed by atoms with Crippen LogP contribution in [-0.4, -0.2) is 23.0 Å². The maximum Gasteiger partial charge on any atom is 0.340 e. The SMILES string of the molecule is Cc1c(CC(=O)N[C@H](Cc2ccc(Cl)cc2)C(=O)O)c(=O)oc2cc3occ(C(C)(C)C)c3cc12. The van der Waals surface area contributed by atoms with Gasteiger partial charge in [-0.15, -0.1) is 0 Å². The third-order valence-electron chi connectivity index (χ3n) is 6.11. The fraction of sp³-hybridized carbons (Fsp3) is 0.296. The van der Waals surface area contributed by atoms with Gasteiger partial charge >= 0.3 is 11.6 Å². The maximum atomic E-state index is 12.8. The first kappa shape index (κ1) is 24.5. The Morgan fingerprint density at radius 2 is 1.77 bits per heavy atom. The normalized spacial score (nSPS) is 12.7. The quantitative estimate of drug-likeness (QED) is 0.358. The van der Waals surface area contributed by atoms with Crippen molar-refractivity contribution >= 4 is 45.4 Å². The van der Waals surface area contributed by atoms with E-state index in [1.165, 1.54) is 0 Å². The zero-order valence-electron chi connectivity index (χ0n) is 19.9. The van der Waals surface area contributed by atoms with Crippen LogP contribution in [0.15, 0.2) is 56.3 Å². The molecule has 2 aromatic carbocycles. The molecule has 0 spiro atoms. The van der Waals surface area contributed by atoms with E-state index in [2.05, 4.69) is 26.1 Å². The molecule has 0 saturated carbocycles. The third kappa shape index (κ3) is 5.10. The molecular formula is C27H26ClNO6. The van der Waals surface area contributed by atoms with Crippen LogP contribution < -0.4 is 10.9 Å². The number of benzene rings is 2. The largest absolute Gasteiger partial charge is 0.480 e. The van der Waals surface area contributed by atoms with Crippen LogP contribution in [0.4, 0.5) is 0 Å². The highest BCUT2D eigenvalue weighted by atomic mass is 35.5. The van der Waals surface area contributed by atoms with Gasteiger partial charge in [-0.25, -0.2) is 9.59 Å². The van der Waals surface area contributed by atoms with E-state index in [0.717, 1.165) is 10.9 Å². The Balaban J connectivity index is 1.63. The van der Waals surface area contributed by atoms with Crippen LogP contribution in [-0.2, 0) is 27.8 Å². The van der Waals surface area contributed by atoms with Crippen LogP contribution >= 0.6 is 11.6 Å². The number of hydrogen-bond donors (Lipinski definition) is 2. The molecular weight excluding hydrogens is 470 g/mol. The zero-order chi connectivity index (χ0) is 25.5. The number of rotatable bonds is 6. The summed E-state index contributed by atoms with van der Waals surface area (Å²) in [5.41, 5.74) is 2.71. The predicted molar refractivity (Wildman–Crippen MR) is 134 cm³/mol. The predicted octanol–water partition coefficient (Wildman–Crippen LogP) is 5.15. The number of carboxylic acids is 1. The molecule has 4 aromatic rings. The minimum atomic E-state index is -1.17. The van der Waals surface area contributed by atoms with E-state index in [9.17, 15) is 19.5 Å². The van der Waals surface area contributed by atoms with Crippen molar-refractivity contribution in [3.63, 3.8) is 0 Å². The van der Waals surface area contributed by atoms with Crippen molar-refractivity contribution in [3.8, 4) is 0 Å². The molecule has 7 nitrogen and oxygen atoms in total. The first-order valence-corrected chi connectivity index (χ1v) is 11.6. The van der Waals surface area contributed by atoms with Crippen LogP contribution in [0, 0.1) is 6.92 Å². The number of nitrogens with one attached hydrogen (secondary N) is 1. The Hall–Kier alpha value is -3.58. The van der Waals surface area contributed by atoms with Crippen molar-refractivity contribution in [2.75, 3.05) is 0 Å². The number of aliphatic carboxylic acids is 1. The number of hydrogen-bond acceptors (Lipinski definition) is 5. The first-order chi connectivity index (χ1) is 16.4. The van der Waals surface area contributed by atoms with Gasteiger partial charge in [0.25, 0.3) is 0 Å². The number of halogens is 1. The number of fused-ring (bicyclic) bond motifs is 2. The molecule has 2 heterocycles. The fourth-order valence-electron chi connectivity index (χ4n) is 4.16. The number of aryl methyl sites for hydroxylation is 1. The second-order valence-electron chi connectivity index (χ2n) is 9.70. The average Bonchev–Trinajstić information content (AvgIpc) is 3.20. The molecule has 0 fully saturated rings. The van der Waals surface area contributed by atoms with E-state index in [1.807, 2.05) is 6.07 Å². The number of carbonyl (C=O) groups excluding carboxylic acids is 1. The second kappa shape index (κ2) is 9.23. The molecule has 0 aliphatic carbocycles. The van der Waals surface area contributed by atoms with E-state index < -0.39 is 23.5 Å². The summed E-state index contributed by atoms with van der Waals surface area (Å²) in [6, 6.07) is 9.16. The standard InChI is InChI=1S/C27H26ClNO6/c1-14-17-10-19-20(27(2,3)4)13-34-22(19)12-23(17)35-26(33)18(14)11-24(30)29-21(25(31)32)9-15-5-7-16(28)8-6-15/h5-8,10,12-13,21H,9,11H2,1-4H3,(H,29,30)(H,31,32)/t21-/m1/s1. The van der Waals surface area contributed by atoms with Gasteiger partial charge in [-0.1, -0.05) is 44.5 Å². The Kier molecular flexibility index (Phi) is 6.47. The summed E-state index contributed by atoms with van der Waals surface area (Å²) in [6.07, 6.45) is 1.49. The van der Waals surface area contributed by atoms with Gasteiger partial charge in [0.2, 0.25) is 5.91 Å². The van der Waals surface area contributed by atoms with Crippen LogP contribution in [0.2, 0.25) is 5.02 Å². The Bertz CT molecular complexity index is 1490. The molecule has 0 aliphatic rings. The van der Waals surface area contributed by atoms with Crippen LogP contribution in [0.3, 0.4) is 0 Å². The van der Waals surface area contributed by atoms with E-state index in [4.69, 9.17) is 20.4 Å². The summed E-state index contributed by atoms with van der Waals surface area (Å²) < 4.78 is 11.2. The van der Waals surface area contributed by atoms with Crippen LogP contribution in [0.5, 0.6) is 0 Å². The molecule has 0 aliphatic heterocycles. The van der Waals surface area contributed by atoms with Gasteiger partial charge in [0.05, 0.1) is 18.2 Å². The molecule has 1 amide bonds. The summed E-state index contributed by atoms with van der Waals surface area (Å²) in [7, 11) is 0. The lowest BCUT2D eigenvalue weighted by Gasteiger charge is -2.17. The van der Waals surface area contributed by atoms with Crippen LogP contribution in [0.1, 0.15) is 43.0 Å². The highest BCUT2D eigenvalue weighted by molar-refractivity contribution is 6.30. The Labute approximate surface area is 206 Å². The topological polar surface area (TPSA) is 110 Å². The summed E-state index contributed by atoms with van der Waals surface area (Å²) in [6.45, 7) is 8.00. The molecule has 0 saturated heterocycles. The fourth-order valence-corrected chi connectivity index (χ4v) is 4.28. The van der Waals surface area contributed by atoms with Crippen molar-refractivity contribution in [3.05, 3.63) is 80.4 Å². The van der Waals surface area contributed by atoms with E-state index in [1.54, 1.807) is 43.5 Å². The smallest absolute Gasteiger partial charge is 0.340 e. The minimum Gasteiger partial charge on any atom is -0.480 e. The summed E-state index contributed by atoms with van der Waals surface area (Å²) in [5.74, 6) is -1.76. The third-order valence-corrected chi connectivity index (χ3v) is 6.37. The molecule has 1 atom stereocenters. The van der Waals surface area contributed by atoms with Gasteiger partial charge in [-0.2, -0.15) is 0 Å². The van der Waals surface area contributed by atoms with Crippen molar-refractivity contribution < 1.29 is 23.5 Å². The molecule has 0 unspecified atom stereocenters. The van der Waals surface area contributed by atoms with Gasteiger partial charge in [-0.05, 0) is 41.7 Å². The van der Waals surface area contributed by atoms with Gasteiger partial charge in [0.1, 0.15) is 17.2 Å². The lowest BCUT2D eigenvalue weighted by Crippen LogP contribution is -2.43. The number of carbonyl (C=O) groups is 2. The zero-order valence-corrected chi connectivity index (χ0v) is 20.7. The number of amides is 1. The van der Waals surface area contributed by atoms with Gasteiger partial charge in [0.15, 0.2) is 0 Å². The monoisotopic (exact) mass is 495 g/mol. The van der Waals surface area contributed by atoms with Crippen molar-refractivity contribution in [2.24, 2.45) is 0 Å². The Morgan fingerprint density at radius 3 is 2.40 bits per heavy atom. The van der Waals surface area contributed by atoms with Gasteiger partial charge in [-0.3, -0.25) is 4.79 Å². The highest BCUT2D eigenvalue weighted by Gasteiger charge is 2.24. The van der Waals surface area contributed by atoms with Gasteiger partial charge < -0.3 is 19.3 Å². The molecule has 0 bridgehead atoms. The lowest BCUT2D eigenvalue weighted by atomic mass is 9.86. The Morgan fingerprint density at radius 1 is 1.09 bits per heavy atom. The number of carboxylic acid groups (broad SMARTS) is 1. The summed E-state index contributed by atoms with van der Waals surface area (Å²) in [5, 5.41) is 14.3. The molecule has 8 heteroatoms. The van der Waals surface area contributed by atoms with Crippen molar-refractivity contribution in [1.82, 2.24) is 5.32 Å². The molecule has 0 radical (unpaired) electrons. The van der Waals surface area contributed by atoms with E-state index in [-0.39, 0.29) is 23.8 Å². The molecule has 35 heavy (non-hydrogen) atoms. The maximum absolute atomic E-state index is 12.8. The molecule has 4 rings (SSSR count). The summed E-state index contributed by atoms with van der Waals surface area (Å²) in [4.78, 5) is 37.3. The lowest BCUT2D eigenvalue weighted by molar-refractivity contribution is -0.141. The van der Waals surface area contributed by atoms with Crippen LogP contribution in [0.25, 0.3) is 21.9 Å². The number of furan rings is 1. The second-order valence-corrected chi connectivity index (χ2v) is 10.1.